The molecule has 2 N–H and O–H groups in total. The van der Waals surface area contributed by atoms with E-state index in [1.54, 1.807) is 29.2 Å². The number of amides is 2. The Bertz CT molecular complexity index is 498. The smallest absolute Gasteiger partial charge is 0.253 e. The van der Waals surface area contributed by atoms with Crippen LogP contribution < -0.4 is 10.5 Å². The second-order valence-corrected chi connectivity index (χ2v) is 5.15. The van der Waals surface area contributed by atoms with Gasteiger partial charge in [-0.2, -0.15) is 0 Å². The third-order valence-electron chi connectivity index (χ3n) is 3.68. The van der Waals surface area contributed by atoms with E-state index in [-0.39, 0.29) is 23.7 Å². The molecule has 0 unspecified atom stereocenters. The first-order valence-corrected chi connectivity index (χ1v) is 6.84. The lowest BCUT2D eigenvalue weighted by atomic mass is 9.98. The van der Waals surface area contributed by atoms with Crippen molar-refractivity contribution in [1.29, 1.82) is 0 Å². The van der Waals surface area contributed by atoms with Crippen molar-refractivity contribution in [3.8, 4) is 5.75 Å². The van der Waals surface area contributed by atoms with Crippen LogP contribution >= 0.6 is 0 Å². The minimum Gasteiger partial charge on any atom is -0.494 e. The number of hydrogen-bond donors (Lipinski definition) is 1. The molecule has 5 heteroatoms. The summed E-state index contributed by atoms with van der Waals surface area (Å²) in [4.78, 5) is 25.4. The quantitative estimate of drug-likeness (QED) is 0.900. The SMILES string of the molecule is CCOc1ccc(C(=O)N2C[C@@H](C)[C@H](C(N)=O)C2)cc1. The molecule has 1 aromatic carbocycles. The van der Waals surface area contributed by atoms with Gasteiger partial charge in [0.25, 0.3) is 5.91 Å². The number of carbonyl (C=O) groups is 2. The Hall–Kier alpha value is -2.04. The number of rotatable bonds is 4. The van der Waals surface area contributed by atoms with E-state index in [2.05, 4.69) is 0 Å². The molecule has 0 spiro atoms. The molecule has 0 aromatic heterocycles. The van der Waals surface area contributed by atoms with Gasteiger partial charge in [-0.05, 0) is 37.1 Å². The van der Waals surface area contributed by atoms with Crippen molar-refractivity contribution in [2.75, 3.05) is 19.7 Å². The third-order valence-corrected chi connectivity index (χ3v) is 3.68. The molecule has 2 rings (SSSR count). The fourth-order valence-corrected chi connectivity index (χ4v) is 2.55. The Morgan fingerprint density at radius 3 is 2.45 bits per heavy atom. The predicted octanol–water partition coefficient (Wildman–Crippen LogP) is 1.28. The molecular formula is C15H20N2O3. The summed E-state index contributed by atoms with van der Waals surface area (Å²) in [6.45, 7) is 5.43. The highest BCUT2D eigenvalue weighted by atomic mass is 16.5. The lowest BCUT2D eigenvalue weighted by Gasteiger charge is -2.16. The van der Waals surface area contributed by atoms with Crippen molar-refractivity contribution in [3.63, 3.8) is 0 Å². The highest BCUT2D eigenvalue weighted by Crippen LogP contribution is 2.24. The van der Waals surface area contributed by atoms with E-state index >= 15 is 0 Å². The van der Waals surface area contributed by atoms with E-state index in [4.69, 9.17) is 10.5 Å². The summed E-state index contributed by atoms with van der Waals surface area (Å²) in [6, 6.07) is 7.05. The maximum absolute atomic E-state index is 12.4. The average Bonchev–Trinajstić information content (AvgIpc) is 2.81. The van der Waals surface area contributed by atoms with Crippen molar-refractivity contribution < 1.29 is 14.3 Å². The van der Waals surface area contributed by atoms with Crippen LogP contribution in [0.1, 0.15) is 24.2 Å². The molecule has 1 fully saturated rings. The number of nitrogens with two attached hydrogens (primary N) is 1. The zero-order valence-electron chi connectivity index (χ0n) is 11.8. The normalized spacial score (nSPS) is 21.8. The summed E-state index contributed by atoms with van der Waals surface area (Å²) in [5.41, 5.74) is 5.95. The molecule has 0 bridgehead atoms. The van der Waals surface area contributed by atoms with Crippen molar-refractivity contribution >= 4 is 11.8 Å². The maximum atomic E-state index is 12.4. The molecule has 1 aliphatic heterocycles. The molecule has 2 atom stereocenters. The van der Waals surface area contributed by atoms with E-state index in [1.165, 1.54) is 0 Å². The first kappa shape index (κ1) is 14.4. The van der Waals surface area contributed by atoms with Gasteiger partial charge in [-0.3, -0.25) is 9.59 Å². The first-order valence-electron chi connectivity index (χ1n) is 6.84. The summed E-state index contributed by atoms with van der Waals surface area (Å²) >= 11 is 0. The van der Waals surface area contributed by atoms with Crippen LogP contribution in [0.2, 0.25) is 0 Å². The number of nitrogens with zero attached hydrogens (tertiary/aromatic N) is 1. The Morgan fingerprint density at radius 1 is 1.30 bits per heavy atom. The number of hydrogen-bond acceptors (Lipinski definition) is 3. The fourth-order valence-electron chi connectivity index (χ4n) is 2.55. The number of carbonyl (C=O) groups excluding carboxylic acids is 2. The standard InChI is InChI=1S/C15H20N2O3/c1-3-20-12-6-4-11(5-7-12)15(19)17-8-10(2)13(9-17)14(16)18/h4-7,10,13H,3,8-9H2,1-2H3,(H2,16,18)/t10-,13-/m1/s1. The van der Waals surface area contributed by atoms with Crippen LogP contribution in [-0.2, 0) is 4.79 Å². The highest BCUT2D eigenvalue weighted by molar-refractivity contribution is 5.95. The number of primary amides is 1. The topological polar surface area (TPSA) is 72.6 Å². The van der Waals surface area contributed by atoms with Gasteiger partial charge in [-0.1, -0.05) is 6.92 Å². The third kappa shape index (κ3) is 2.92. The lowest BCUT2D eigenvalue weighted by molar-refractivity contribution is -0.122. The van der Waals surface area contributed by atoms with E-state index in [0.29, 0.717) is 25.3 Å². The predicted molar refractivity (Wildman–Crippen MR) is 75.4 cm³/mol. The van der Waals surface area contributed by atoms with E-state index in [9.17, 15) is 9.59 Å². The molecule has 1 saturated heterocycles. The van der Waals surface area contributed by atoms with Crippen molar-refractivity contribution in [1.82, 2.24) is 4.90 Å². The van der Waals surface area contributed by atoms with Gasteiger partial charge in [-0.15, -0.1) is 0 Å². The Morgan fingerprint density at radius 2 is 1.95 bits per heavy atom. The first-order chi connectivity index (χ1) is 9.52. The van der Waals surface area contributed by atoms with Crippen molar-refractivity contribution in [2.24, 2.45) is 17.6 Å². The monoisotopic (exact) mass is 276 g/mol. The molecule has 0 saturated carbocycles. The van der Waals surface area contributed by atoms with E-state index < -0.39 is 0 Å². The second kappa shape index (κ2) is 5.94. The molecule has 108 valence electrons. The highest BCUT2D eigenvalue weighted by Gasteiger charge is 2.35. The number of benzene rings is 1. The minimum absolute atomic E-state index is 0.0661. The molecule has 1 aromatic rings. The molecule has 2 amide bonds. The molecule has 20 heavy (non-hydrogen) atoms. The van der Waals surface area contributed by atoms with Gasteiger partial charge in [0.2, 0.25) is 5.91 Å². The average molecular weight is 276 g/mol. The van der Waals surface area contributed by atoms with Crippen LogP contribution in [0.25, 0.3) is 0 Å². The van der Waals surface area contributed by atoms with Crippen LogP contribution in [0.4, 0.5) is 0 Å². The lowest BCUT2D eigenvalue weighted by Crippen LogP contribution is -2.31. The van der Waals surface area contributed by atoms with Gasteiger partial charge in [0.05, 0.1) is 12.5 Å². The van der Waals surface area contributed by atoms with E-state index in [0.717, 1.165) is 5.75 Å². The number of likely N-dealkylation sites (tertiary alicyclic amines) is 1. The summed E-state index contributed by atoms with van der Waals surface area (Å²) < 4.78 is 5.35. The second-order valence-electron chi connectivity index (χ2n) is 5.15. The summed E-state index contributed by atoms with van der Waals surface area (Å²) in [5.74, 6) is 0.206. The molecule has 1 heterocycles. The van der Waals surface area contributed by atoms with Crippen LogP contribution in [0.15, 0.2) is 24.3 Å². The van der Waals surface area contributed by atoms with Gasteiger partial charge >= 0.3 is 0 Å². The van der Waals surface area contributed by atoms with Gasteiger partial charge in [0.15, 0.2) is 0 Å². The van der Waals surface area contributed by atoms with Gasteiger partial charge in [-0.25, -0.2) is 0 Å². The van der Waals surface area contributed by atoms with Crippen LogP contribution in [0.5, 0.6) is 5.75 Å². The van der Waals surface area contributed by atoms with Gasteiger partial charge < -0.3 is 15.4 Å². The summed E-state index contributed by atoms with van der Waals surface area (Å²) in [7, 11) is 0. The summed E-state index contributed by atoms with van der Waals surface area (Å²) in [5, 5.41) is 0. The molecular weight excluding hydrogens is 256 g/mol. The van der Waals surface area contributed by atoms with Gasteiger partial charge in [0.1, 0.15) is 5.75 Å². The molecule has 0 aliphatic carbocycles. The van der Waals surface area contributed by atoms with Crippen LogP contribution in [0.3, 0.4) is 0 Å². The Labute approximate surface area is 118 Å². The van der Waals surface area contributed by atoms with Gasteiger partial charge in [0, 0.05) is 18.7 Å². The van der Waals surface area contributed by atoms with Crippen LogP contribution in [0, 0.1) is 11.8 Å². The largest absolute Gasteiger partial charge is 0.494 e. The van der Waals surface area contributed by atoms with Crippen LogP contribution in [-0.4, -0.2) is 36.4 Å². The Kier molecular flexibility index (Phi) is 4.27. The zero-order valence-corrected chi connectivity index (χ0v) is 11.8. The number of ether oxygens (including phenoxy) is 1. The Balaban J connectivity index is 2.06. The molecule has 1 aliphatic rings. The fraction of sp³-hybridized carbons (Fsp3) is 0.467. The minimum atomic E-state index is -0.334. The zero-order chi connectivity index (χ0) is 14.7. The van der Waals surface area contributed by atoms with E-state index in [1.807, 2.05) is 13.8 Å². The van der Waals surface area contributed by atoms with Crippen molar-refractivity contribution in [2.45, 2.75) is 13.8 Å². The van der Waals surface area contributed by atoms with Crippen molar-refractivity contribution in [3.05, 3.63) is 29.8 Å². The summed E-state index contributed by atoms with van der Waals surface area (Å²) in [6.07, 6.45) is 0. The molecule has 0 radical (unpaired) electrons. The maximum Gasteiger partial charge on any atom is 0.253 e. The molecule has 5 nitrogen and oxygen atoms in total.